The molecule has 2 heterocycles. The number of hydrogen-bond donors (Lipinski definition) is 1. The SMILES string of the molecule is CC(C)Cn1ncnc1CC(N)CCC1CCCCO1. The van der Waals surface area contributed by atoms with Gasteiger partial charge in [0.25, 0.3) is 0 Å². The first kappa shape index (κ1) is 15.4. The number of rotatable bonds is 7. The van der Waals surface area contributed by atoms with Crippen LogP contribution in [0, 0.1) is 5.92 Å². The summed E-state index contributed by atoms with van der Waals surface area (Å²) in [6.45, 7) is 6.20. The average molecular weight is 280 g/mol. The summed E-state index contributed by atoms with van der Waals surface area (Å²) < 4.78 is 7.74. The van der Waals surface area contributed by atoms with Crippen LogP contribution in [0.2, 0.25) is 0 Å². The maximum atomic E-state index is 6.25. The average Bonchev–Trinajstić information content (AvgIpc) is 2.84. The summed E-state index contributed by atoms with van der Waals surface area (Å²) in [5.41, 5.74) is 6.25. The van der Waals surface area contributed by atoms with Gasteiger partial charge < -0.3 is 10.5 Å². The lowest BCUT2D eigenvalue weighted by molar-refractivity contribution is 0.00912. The molecule has 0 radical (unpaired) electrons. The zero-order valence-corrected chi connectivity index (χ0v) is 12.8. The van der Waals surface area contributed by atoms with Gasteiger partial charge in [0.1, 0.15) is 12.2 Å². The summed E-state index contributed by atoms with van der Waals surface area (Å²) >= 11 is 0. The van der Waals surface area contributed by atoms with Gasteiger partial charge in [-0.1, -0.05) is 13.8 Å². The van der Waals surface area contributed by atoms with E-state index < -0.39 is 0 Å². The minimum atomic E-state index is 0.149. The molecule has 1 aromatic heterocycles. The fourth-order valence-corrected chi connectivity index (χ4v) is 2.72. The van der Waals surface area contributed by atoms with Crippen molar-refractivity contribution in [3.05, 3.63) is 12.2 Å². The van der Waals surface area contributed by atoms with E-state index in [1.807, 2.05) is 4.68 Å². The predicted octanol–water partition coefficient (Wildman–Crippen LogP) is 2.15. The summed E-state index contributed by atoms with van der Waals surface area (Å²) in [5.74, 6) is 1.58. The lowest BCUT2D eigenvalue weighted by atomic mass is 10.0. The lowest BCUT2D eigenvalue weighted by Gasteiger charge is -2.23. The molecule has 1 saturated heterocycles. The molecule has 2 unspecified atom stereocenters. The largest absolute Gasteiger partial charge is 0.378 e. The Morgan fingerprint density at radius 3 is 3.00 bits per heavy atom. The van der Waals surface area contributed by atoms with Crippen molar-refractivity contribution < 1.29 is 4.74 Å². The molecule has 2 atom stereocenters. The van der Waals surface area contributed by atoms with Crippen LogP contribution in [0.25, 0.3) is 0 Å². The van der Waals surface area contributed by atoms with Gasteiger partial charge in [0.15, 0.2) is 0 Å². The number of ether oxygens (including phenoxy) is 1. The van der Waals surface area contributed by atoms with Crippen LogP contribution in [-0.2, 0) is 17.7 Å². The van der Waals surface area contributed by atoms with Crippen LogP contribution in [0.5, 0.6) is 0 Å². The van der Waals surface area contributed by atoms with E-state index in [2.05, 4.69) is 23.9 Å². The molecule has 0 aliphatic carbocycles. The number of nitrogens with two attached hydrogens (primary N) is 1. The van der Waals surface area contributed by atoms with Gasteiger partial charge in [-0.15, -0.1) is 0 Å². The molecule has 2 N–H and O–H groups in total. The van der Waals surface area contributed by atoms with Crippen molar-refractivity contribution in [3.63, 3.8) is 0 Å². The molecule has 0 bridgehead atoms. The van der Waals surface area contributed by atoms with Gasteiger partial charge in [-0.05, 0) is 38.0 Å². The van der Waals surface area contributed by atoms with E-state index in [-0.39, 0.29) is 6.04 Å². The Hall–Kier alpha value is -0.940. The first-order chi connectivity index (χ1) is 9.65. The minimum absolute atomic E-state index is 0.149. The van der Waals surface area contributed by atoms with Gasteiger partial charge >= 0.3 is 0 Å². The Labute approximate surface area is 121 Å². The standard InChI is InChI=1S/C15H28N4O/c1-12(2)10-19-15(17-11-18-19)9-13(16)6-7-14-5-3-4-8-20-14/h11-14H,3-10,16H2,1-2H3. The zero-order chi connectivity index (χ0) is 14.4. The Balaban J connectivity index is 1.76. The van der Waals surface area contributed by atoms with Gasteiger partial charge in [0, 0.05) is 25.6 Å². The van der Waals surface area contributed by atoms with Crippen molar-refractivity contribution in [2.24, 2.45) is 11.7 Å². The molecule has 0 saturated carbocycles. The summed E-state index contributed by atoms with van der Waals surface area (Å²) in [7, 11) is 0. The van der Waals surface area contributed by atoms with Crippen LogP contribution in [0.4, 0.5) is 0 Å². The van der Waals surface area contributed by atoms with Crippen molar-refractivity contribution in [1.29, 1.82) is 0 Å². The highest BCUT2D eigenvalue weighted by Crippen LogP contribution is 2.18. The Bertz CT molecular complexity index is 385. The van der Waals surface area contributed by atoms with Gasteiger partial charge in [-0.3, -0.25) is 0 Å². The molecule has 1 aliphatic heterocycles. The van der Waals surface area contributed by atoms with E-state index >= 15 is 0 Å². The lowest BCUT2D eigenvalue weighted by Crippen LogP contribution is -2.28. The monoisotopic (exact) mass is 280 g/mol. The molecule has 1 aliphatic rings. The first-order valence-corrected chi connectivity index (χ1v) is 7.89. The molecular weight excluding hydrogens is 252 g/mol. The second kappa shape index (κ2) is 7.74. The van der Waals surface area contributed by atoms with Crippen LogP contribution >= 0.6 is 0 Å². The van der Waals surface area contributed by atoms with E-state index in [0.717, 1.165) is 38.2 Å². The fourth-order valence-electron chi connectivity index (χ4n) is 2.72. The normalized spacial score (nSPS) is 21.3. The molecule has 5 nitrogen and oxygen atoms in total. The quantitative estimate of drug-likeness (QED) is 0.831. The maximum Gasteiger partial charge on any atom is 0.138 e. The Morgan fingerprint density at radius 1 is 1.45 bits per heavy atom. The van der Waals surface area contributed by atoms with Crippen molar-refractivity contribution >= 4 is 0 Å². The van der Waals surface area contributed by atoms with Crippen LogP contribution in [-0.4, -0.2) is 33.5 Å². The van der Waals surface area contributed by atoms with Crippen LogP contribution < -0.4 is 5.73 Å². The summed E-state index contributed by atoms with van der Waals surface area (Å²) in [4.78, 5) is 4.34. The summed E-state index contributed by atoms with van der Waals surface area (Å²) in [6.07, 6.45) is 8.62. The third-order valence-corrected chi connectivity index (χ3v) is 3.81. The second-order valence-electron chi connectivity index (χ2n) is 6.28. The molecule has 0 amide bonds. The van der Waals surface area contributed by atoms with Crippen molar-refractivity contribution in [2.75, 3.05) is 6.61 Å². The fraction of sp³-hybridized carbons (Fsp3) is 0.867. The van der Waals surface area contributed by atoms with Gasteiger partial charge in [-0.25, -0.2) is 9.67 Å². The number of aromatic nitrogens is 3. The Kier molecular flexibility index (Phi) is 5.98. The minimum Gasteiger partial charge on any atom is -0.378 e. The molecule has 0 aromatic carbocycles. The van der Waals surface area contributed by atoms with E-state index in [9.17, 15) is 0 Å². The first-order valence-electron chi connectivity index (χ1n) is 7.89. The predicted molar refractivity (Wildman–Crippen MR) is 79.4 cm³/mol. The topological polar surface area (TPSA) is 66.0 Å². The summed E-state index contributed by atoms with van der Waals surface area (Å²) in [6, 6.07) is 0.149. The molecule has 1 aromatic rings. The third kappa shape index (κ3) is 4.87. The summed E-state index contributed by atoms with van der Waals surface area (Å²) in [5, 5.41) is 4.28. The van der Waals surface area contributed by atoms with Crippen molar-refractivity contribution in [2.45, 2.75) is 71.1 Å². The maximum absolute atomic E-state index is 6.25. The van der Waals surface area contributed by atoms with E-state index in [0.29, 0.717) is 12.0 Å². The van der Waals surface area contributed by atoms with Gasteiger partial charge in [-0.2, -0.15) is 5.10 Å². The molecule has 20 heavy (non-hydrogen) atoms. The van der Waals surface area contributed by atoms with Crippen LogP contribution in [0.1, 0.15) is 51.8 Å². The Morgan fingerprint density at radius 2 is 2.30 bits per heavy atom. The van der Waals surface area contributed by atoms with E-state index in [4.69, 9.17) is 10.5 Å². The number of nitrogens with zero attached hydrogens (tertiary/aromatic N) is 3. The molecular formula is C15H28N4O. The highest BCUT2D eigenvalue weighted by molar-refractivity contribution is 4.89. The molecule has 114 valence electrons. The molecule has 1 fully saturated rings. The molecule has 2 rings (SSSR count). The second-order valence-corrected chi connectivity index (χ2v) is 6.28. The zero-order valence-electron chi connectivity index (χ0n) is 12.8. The van der Waals surface area contributed by atoms with Gasteiger partial charge in [0.2, 0.25) is 0 Å². The van der Waals surface area contributed by atoms with Crippen LogP contribution in [0.3, 0.4) is 0 Å². The smallest absolute Gasteiger partial charge is 0.138 e. The highest BCUT2D eigenvalue weighted by Gasteiger charge is 2.16. The van der Waals surface area contributed by atoms with E-state index in [1.54, 1.807) is 6.33 Å². The van der Waals surface area contributed by atoms with Gasteiger partial charge in [0.05, 0.1) is 6.10 Å². The third-order valence-electron chi connectivity index (χ3n) is 3.81. The molecule has 5 heteroatoms. The van der Waals surface area contributed by atoms with Crippen molar-refractivity contribution in [3.8, 4) is 0 Å². The highest BCUT2D eigenvalue weighted by atomic mass is 16.5. The van der Waals surface area contributed by atoms with Crippen LogP contribution in [0.15, 0.2) is 6.33 Å². The van der Waals surface area contributed by atoms with E-state index in [1.165, 1.54) is 19.3 Å². The number of hydrogen-bond acceptors (Lipinski definition) is 4. The van der Waals surface area contributed by atoms with Crippen molar-refractivity contribution in [1.82, 2.24) is 14.8 Å². The molecule has 0 spiro atoms.